The molecule has 0 aliphatic carbocycles. The first kappa shape index (κ1) is 17.3. The number of carbonyl (C=O) groups is 3. The number of benzene rings is 1. The smallest absolute Gasteiger partial charge is 0.320 e. The fraction of sp³-hybridized carbons (Fsp3) is 0.500. The molecule has 0 saturated carbocycles. The SMILES string of the molecule is CCN1CCN(C2CCN(C(=O)c3ccc(NC=O)cc3)CC2)C1=O. The first-order chi connectivity index (χ1) is 12.1. The van der Waals surface area contributed by atoms with Crippen LogP contribution in [0.1, 0.15) is 30.1 Å². The van der Waals surface area contributed by atoms with Gasteiger partial charge in [0.25, 0.3) is 5.91 Å². The standard InChI is InChI=1S/C18H24N4O3/c1-2-20-11-12-22(18(20)25)16-7-9-21(10-8-16)17(24)14-3-5-15(6-4-14)19-13-23/h3-6,13,16H,2,7-12H2,1H3,(H,19,23). The zero-order valence-corrected chi connectivity index (χ0v) is 14.5. The molecule has 2 heterocycles. The normalized spacial score (nSPS) is 18.6. The van der Waals surface area contributed by atoms with Crippen molar-refractivity contribution in [1.29, 1.82) is 0 Å². The Labute approximate surface area is 147 Å². The molecule has 0 bridgehead atoms. The number of amides is 4. The number of likely N-dealkylation sites (tertiary alicyclic amines) is 1. The third kappa shape index (κ3) is 3.60. The van der Waals surface area contributed by atoms with Gasteiger partial charge in [-0.05, 0) is 44.0 Å². The minimum atomic E-state index is -0.000892. The summed E-state index contributed by atoms with van der Waals surface area (Å²) in [5, 5.41) is 2.56. The number of urea groups is 1. The molecule has 25 heavy (non-hydrogen) atoms. The molecule has 7 nitrogen and oxygen atoms in total. The molecular formula is C18H24N4O3. The lowest BCUT2D eigenvalue weighted by atomic mass is 10.0. The van der Waals surface area contributed by atoms with E-state index in [2.05, 4.69) is 5.32 Å². The third-order valence-electron chi connectivity index (χ3n) is 5.06. The van der Waals surface area contributed by atoms with Gasteiger partial charge in [0, 0.05) is 50.0 Å². The number of hydrogen-bond acceptors (Lipinski definition) is 3. The molecule has 1 N–H and O–H groups in total. The van der Waals surface area contributed by atoms with Crippen LogP contribution in [0.3, 0.4) is 0 Å². The van der Waals surface area contributed by atoms with Crippen molar-refractivity contribution in [2.75, 3.05) is 38.0 Å². The highest BCUT2D eigenvalue weighted by Gasteiger charge is 2.35. The molecule has 134 valence electrons. The Morgan fingerprint density at radius 3 is 2.40 bits per heavy atom. The van der Waals surface area contributed by atoms with Crippen LogP contribution in [0.15, 0.2) is 24.3 Å². The molecule has 3 rings (SSSR count). The van der Waals surface area contributed by atoms with E-state index in [0.717, 1.165) is 32.5 Å². The molecule has 2 aliphatic rings. The number of likely N-dealkylation sites (N-methyl/N-ethyl adjacent to an activating group) is 1. The topological polar surface area (TPSA) is 73.0 Å². The predicted molar refractivity (Wildman–Crippen MR) is 94.4 cm³/mol. The van der Waals surface area contributed by atoms with E-state index in [4.69, 9.17) is 0 Å². The van der Waals surface area contributed by atoms with E-state index in [-0.39, 0.29) is 18.0 Å². The quantitative estimate of drug-likeness (QED) is 0.825. The van der Waals surface area contributed by atoms with Crippen LogP contribution in [0.25, 0.3) is 0 Å². The molecule has 0 unspecified atom stereocenters. The van der Waals surface area contributed by atoms with Gasteiger partial charge in [0.05, 0.1) is 0 Å². The highest BCUT2D eigenvalue weighted by Crippen LogP contribution is 2.22. The Morgan fingerprint density at radius 2 is 1.84 bits per heavy atom. The largest absolute Gasteiger partial charge is 0.338 e. The third-order valence-corrected chi connectivity index (χ3v) is 5.06. The number of nitrogens with zero attached hydrogens (tertiary/aromatic N) is 3. The average Bonchev–Trinajstić information content (AvgIpc) is 3.03. The summed E-state index contributed by atoms with van der Waals surface area (Å²) in [6, 6.07) is 7.25. The van der Waals surface area contributed by atoms with Crippen molar-refractivity contribution in [3.63, 3.8) is 0 Å². The molecule has 0 spiro atoms. The molecule has 2 fully saturated rings. The molecule has 0 radical (unpaired) electrons. The molecule has 7 heteroatoms. The average molecular weight is 344 g/mol. The van der Waals surface area contributed by atoms with Crippen molar-refractivity contribution in [2.24, 2.45) is 0 Å². The Morgan fingerprint density at radius 1 is 1.16 bits per heavy atom. The molecule has 2 aliphatic heterocycles. The lowest BCUT2D eigenvalue weighted by Crippen LogP contribution is -2.48. The van der Waals surface area contributed by atoms with Gasteiger partial charge in [-0.2, -0.15) is 0 Å². The van der Waals surface area contributed by atoms with E-state index < -0.39 is 0 Å². The number of piperidine rings is 1. The van der Waals surface area contributed by atoms with Crippen molar-refractivity contribution < 1.29 is 14.4 Å². The monoisotopic (exact) mass is 344 g/mol. The molecule has 2 saturated heterocycles. The van der Waals surface area contributed by atoms with Gasteiger partial charge >= 0.3 is 6.03 Å². The molecule has 0 atom stereocenters. The summed E-state index contributed by atoms with van der Waals surface area (Å²) >= 11 is 0. The van der Waals surface area contributed by atoms with E-state index in [1.54, 1.807) is 24.3 Å². The maximum Gasteiger partial charge on any atom is 0.320 e. The van der Waals surface area contributed by atoms with Gasteiger partial charge in [-0.25, -0.2) is 4.79 Å². The van der Waals surface area contributed by atoms with E-state index >= 15 is 0 Å². The van der Waals surface area contributed by atoms with Gasteiger partial charge in [-0.15, -0.1) is 0 Å². The second kappa shape index (κ2) is 7.55. The van der Waals surface area contributed by atoms with Crippen LogP contribution in [0.2, 0.25) is 0 Å². The lowest BCUT2D eigenvalue weighted by Gasteiger charge is -2.36. The fourth-order valence-corrected chi connectivity index (χ4v) is 3.57. The fourth-order valence-electron chi connectivity index (χ4n) is 3.57. The maximum atomic E-state index is 12.6. The first-order valence-corrected chi connectivity index (χ1v) is 8.79. The molecular weight excluding hydrogens is 320 g/mol. The molecule has 0 aromatic heterocycles. The van der Waals surface area contributed by atoms with Crippen molar-refractivity contribution in [1.82, 2.24) is 14.7 Å². The Balaban J connectivity index is 1.56. The summed E-state index contributed by atoms with van der Waals surface area (Å²) in [7, 11) is 0. The summed E-state index contributed by atoms with van der Waals surface area (Å²) < 4.78 is 0. The van der Waals surface area contributed by atoms with Gasteiger partial charge < -0.3 is 20.0 Å². The lowest BCUT2D eigenvalue weighted by molar-refractivity contribution is -0.105. The molecule has 1 aromatic rings. The molecule has 4 amide bonds. The van der Waals surface area contributed by atoms with Crippen LogP contribution in [-0.2, 0) is 4.79 Å². The van der Waals surface area contributed by atoms with Gasteiger partial charge in [0.2, 0.25) is 6.41 Å². The summed E-state index contributed by atoms with van der Waals surface area (Å²) in [4.78, 5) is 41.0. The highest BCUT2D eigenvalue weighted by molar-refractivity contribution is 5.94. The minimum Gasteiger partial charge on any atom is -0.338 e. The van der Waals surface area contributed by atoms with E-state index in [9.17, 15) is 14.4 Å². The number of nitrogens with one attached hydrogen (secondary N) is 1. The van der Waals surface area contributed by atoms with Gasteiger partial charge in [0.1, 0.15) is 0 Å². The Kier molecular flexibility index (Phi) is 5.21. The molecule has 1 aromatic carbocycles. The van der Waals surface area contributed by atoms with Crippen molar-refractivity contribution >= 4 is 24.0 Å². The van der Waals surface area contributed by atoms with Crippen molar-refractivity contribution in [3.05, 3.63) is 29.8 Å². The van der Waals surface area contributed by atoms with Crippen molar-refractivity contribution in [2.45, 2.75) is 25.8 Å². The van der Waals surface area contributed by atoms with Gasteiger partial charge in [-0.3, -0.25) is 9.59 Å². The Bertz CT molecular complexity index is 638. The van der Waals surface area contributed by atoms with Crippen LogP contribution in [0.4, 0.5) is 10.5 Å². The summed E-state index contributed by atoms with van der Waals surface area (Å²) in [5.74, 6) is -0.000892. The van der Waals surface area contributed by atoms with Crippen LogP contribution >= 0.6 is 0 Å². The van der Waals surface area contributed by atoms with Crippen LogP contribution < -0.4 is 5.32 Å². The second-order valence-corrected chi connectivity index (χ2v) is 6.42. The van der Waals surface area contributed by atoms with Crippen LogP contribution in [-0.4, -0.2) is 71.8 Å². The van der Waals surface area contributed by atoms with E-state index in [0.29, 0.717) is 30.8 Å². The number of hydrogen-bond donors (Lipinski definition) is 1. The second-order valence-electron chi connectivity index (χ2n) is 6.42. The Hall–Kier alpha value is -2.57. The zero-order chi connectivity index (χ0) is 17.8. The summed E-state index contributed by atoms with van der Waals surface area (Å²) in [6.07, 6.45) is 2.25. The van der Waals surface area contributed by atoms with E-state index in [1.807, 2.05) is 21.6 Å². The van der Waals surface area contributed by atoms with Crippen molar-refractivity contribution in [3.8, 4) is 0 Å². The zero-order valence-electron chi connectivity index (χ0n) is 14.5. The van der Waals surface area contributed by atoms with E-state index in [1.165, 1.54) is 0 Å². The number of carbonyl (C=O) groups excluding carboxylic acids is 3. The van der Waals surface area contributed by atoms with Crippen LogP contribution in [0.5, 0.6) is 0 Å². The highest BCUT2D eigenvalue weighted by atomic mass is 16.2. The minimum absolute atomic E-state index is 0.000892. The first-order valence-electron chi connectivity index (χ1n) is 8.79. The van der Waals surface area contributed by atoms with Crippen LogP contribution in [0, 0.1) is 0 Å². The van der Waals surface area contributed by atoms with Gasteiger partial charge in [-0.1, -0.05) is 0 Å². The maximum absolute atomic E-state index is 12.6. The number of anilines is 1. The summed E-state index contributed by atoms with van der Waals surface area (Å²) in [6.45, 7) is 5.66. The summed E-state index contributed by atoms with van der Waals surface area (Å²) in [5.41, 5.74) is 1.28. The number of rotatable bonds is 5. The predicted octanol–water partition coefficient (Wildman–Crippen LogP) is 1.62. The van der Waals surface area contributed by atoms with Gasteiger partial charge in [0.15, 0.2) is 0 Å².